The van der Waals surface area contributed by atoms with Crippen LogP contribution in [-0.2, 0) is 9.53 Å². The molecule has 2 unspecified atom stereocenters. The van der Waals surface area contributed by atoms with Gasteiger partial charge in [-0.15, -0.1) is 11.3 Å². The molecule has 2 aromatic rings. The van der Waals surface area contributed by atoms with E-state index in [-0.39, 0.29) is 5.91 Å². The van der Waals surface area contributed by atoms with Crippen LogP contribution < -0.4 is 5.32 Å². The molecule has 4 nitrogen and oxygen atoms in total. The molecule has 0 spiro atoms. The first kappa shape index (κ1) is 16.8. The maximum atomic E-state index is 12.3. The van der Waals surface area contributed by atoms with E-state index in [4.69, 9.17) is 27.9 Å². The van der Waals surface area contributed by atoms with Crippen LogP contribution in [0, 0.1) is 0 Å². The maximum Gasteiger partial charge on any atom is 0.329 e. The molecule has 1 aliphatic rings. The van der Waals surface area contributed by atoms with Gasteiger partial charge in [0, 0.05) is 5.92 Å². The number of amides is 1. The van der Waals surface area contributed by atoms with E-state index in [1.165, 1.54) is 18.4 Å². The number of esters is 1. The van der Waals surface area contributed by atoms with Crippen LogP contribution in [0.2, 0.25) is 10.0 Å². The van der Waals surface area contributed by atoms with Crippen molar-refractivity contribution in [2.75, 3.05) is 7.11 Å². The lowest BCUT2D eigenvalue weighted by molar-refractivity contribution is -0.143. The molecule has 1 aromatic carbocycles. The molecule has 0 aliphatic carbocycles. The zero-order valence-electron chi connectivity index (χ0n) is 11.7. The number of fused-ring (bicyclic) bond motifs is 1. The van der Waals surface area contributed by atoms with E-state index < -0.39 is 17.9 Å². The molecular weight excluding hydrogens is 425 g/mol. The fraction of sp³-hybridized carbons (Fsp3) is 0.200. The predicted molar refractivity (Wildman–Crippen MR) is 93.6 cm³/mol. The summed E-state index contributed by atoms with van der Waals surface area (Å²) in [5.41, 5.74) is 1.54. The Morgan fingerprint density at radius 1 is 1.30 bits per heavy atom. The molecule has 0 radical (unpaired) electrons. The first-order valence-corrected chi connectivity index (χ1v) is 8.91. The molecule has 2 heterocycles. The van der Waals surface area contributed by atoms with Gasteiger partial charge >= 0.3 is 5.97 Å². The van der Waals surface area contributed by atoms with Crippen molar-refractivity contribution in [1.82, 2.24) is 5.32 Å². The van der Waals surface area contributed by atoms with Crippen LogP contribution in [0.15, 0.2) is 28.1 Å². The number of thiophene rings is 1. The highest BCUT2D eigenvalue weighted by Crippen LogP contribution is 2.41. The molecule has 0 saturated heterocycles. The molecule has 2 atom stereocenters. The Labute approximate surface area is 154 Å². The first-order valence-electron chi connectivity index (χ1n) is 6.55. The Kier molecular flexibility index (Phi) is 4.69. The van der Waals surface area contributed by atoms with Gasteiger partial charge in [0.15, 0.2) is 0 Å². The summed E-state index contributed by atoms with van der Waals surface area (Å²) in [4.78, 5) is 25.0. The van der Waals surface area contributed by atoms with Crippen molar-refractivity contribution in [3.63, 3.8) is 0 Å². The van der Waals surface area contributed by atoms with Crippen molar-refractivity contribution in [3.8, 4) is 0 Å². The number of carbonyl (C=O) groups excluding carboxylic acids is 2. The monoisotopic (exact) mass is 433 g/mol. The molecule has 0 fully saturated rings. The Bertz CT molecular complexity index is 808. The number of hydrogen-bond acceptors (Lipinski definition) is 4. The summed E-state index contributed by atoms with van der Waals surface area (Å²) >= 11 is 16.8. The number of methoxy groups -OCH3 is 1. The summed E-state index contributed by atoms with van der Waals surface area (Å²) in [6.07, 6.45) is 0. The normalized spacial score (nSPS) is 19.9. The van der Waals surface area contributed by atoms with Crippen LogP contribution in [0.25, 0.3) is 0 Å². The van der Waals surface area contributed by atoms with Crippen LogP contribution in [-0.4, -0.2) is 25.0 Å². The molecule has 8 heteroatoms. The fourth-order valence-corrected chi connectivity index (χ4v) is 4.53. The highest BCUT2D eigenvalue weighted by Gasteiger charge is 2.41. The van der Waals surface area contributed by atoms with Crippen molar-refractivity contribution in [2.24, 2.45) is 0 Å². The zero-order valence-corrected chi connectivity index (χ0v) is 15.6. The second-order valence-corrected chi connectivity index (χ2v) is 8.21. The van der Waals surface area contributed by atoms with Gasteiger partial charge in [-0.3, -0.25) is 4.79 Å². The van der Waals surface area contributed by atoms with Gasteiger partial charge in [-0.05, 0) is 45.3 Å². The fourth-order valence-electron chi connectivity index (χ4n) is 2.65. The van der Waals surface area contributed by atoms with E-state index in [0.717, 1.165) is 14.9 Å². The summed E-state index contributed by atoms with van der Waals surface area (Å²) in [5.74, 6) is -1.20. The van der Waals surface area contributed by atoms with Gasteiger partial charge in [-0.1, -0.05) is 29.3 Å². The van der Waals surface area contributed by atoms with E-state index in [9.17, 15) is 9.59 Å². The first-order chi connectivity index (χ1) is 10.9. The van der Waals surface area contributed by atoms with Crippen molar-refractivity contribution >= 4 is 62.3 Å². The van der Waals surface area contributed by atoms with Gasteiger partial charge in [-0.2, -0.15) is 0 Å². The zero-order chi connectivity index (χ0) is 16.7. The molecule has 3 rings (SSSR count). The van der Waals surface area contributed by atoms with Gasteiger partial charge in [0.05, 0.1) is 25.8 Å². The minimum absolute atomic E-state index is 0.289. The average molecular weight is 435 g/mol. The number of nitrogens with one attached hydrogen (secondary N) is 1. The minimum Gasteiger partial charge on any atom is -0.467 e. The Balaban J connectivity index is 2.18. The SMILES string of the molecule is COC(=O)C1NC(=O)c2sc(Br)cc2C1c1ccc(Cl)c(Cl)c1. The summed E-state index contributed by atoms with van der Waals surface area (Å²) in [6, 6.07) is 6.20. The molecule has 120 valence electrons. The lowest BCUT2D eigenvalue weighted by Gasteiger charge is -2.31. The second kappa shape index (κ2) is 6.43. The smallest absolute Gasteiger partial charge is 0.329 e. The van der Waals surface area contributed by atoms with Crippen LogP contribution in [0.3, 0.4) is 0 Å². The number of halogens is 3. The van der Waals surface area contributed by atoms with Crippen molar-refractivity contribution in [1.29, 1.82) is 0 Å². The van der Waals surface area contributed by atoms with E-state index in [0.29, 0.717) is 14.9 Å². The Morgan fingerprint density at radius 3 is 2.70 bits per heavy atom. The molecule has 1 N–H and O–H groups in total. The van der Waals surface area contributed by atoms with Crippen molar-refractivity contribution in [3.05, 3.63) is 54.1 Å². The maximum absolute atomic E-state index is 12.3. The standard InChI is InChI=1S/C15H10BrCl2NO3S/c1-22-15(21)12-11(6-2-3-8(17)9(18)4-6)7-5-10(16)23-13(7)14(20)19-12/h2-5,11-12H,1H3,(H,19,20). The highest BCUT2D eigenvalue weighted by atomic mass is 79.9. The number of rotatable bonds is 2. The number of carbonyl (C=O) groups is 2. The average Bonchev–Trinajstić information content (AvgIpc) is 2.91. The summed E-state index contributed by atoms with van der Waals surface area (Å²) in [5, 5.41) is 3.54. The second-order valence-electron chi connectivity index (χ2n) is 4.96. The summed E-state index contributed by atoms with van der Waals surface area (Å²) in [6.45, 7) is 0. The summed E-state index contributed by atoms with van der Waals surface area (Å²) < 4.78 is 5.66. The lowest BCUT2D eigenvalue weighted by Crippen LogP contribution is -2.49. The van der Waals surface area contributed by atoms with Gasteiger partial charge in [-0.25, -0.2) is 4.79 Å². The topological polar surface area (TPSA) is 55.4 Å². The van der Waals surface area contributed by atoms with Crippen molar-refractivity contribution < 1.29 is 14.3 Å². The number of hydrogen-bond donors (Lipinski definition) is 1. The van der Waals surface area contributed by atoms with E-state index >= 15 is 0 Å². The van der Waals surface area contributed by atoms with Gasteiger partial charge < -0.3 is 10.1 Å². The van der Waals surface area contributed by atoms with Crippen LogP contribution in [0.1, 0.15) is 26.7 Å². The largest absolute Gasteiger partial charge is 0.467 e. The molecular formula is C15H10BrCl2NO3S. The molecule has 1 aliphatic heterocycles. The van der Waals surface area contributed by atoms with Crippen molar-refractivity contribution in [2.45, 2.75) is 12.0 Å². The molecule has 1 amide bonds. The van der Waals surface area contributed by atoms with Gasteiger partial charge in [0.1, 0.15) is 6.04 Å². The quantitative estimate of drug-likeness (QED) is 0.719. The molecule has 0 bridgehead atoms. The third-order valence-corrected chi connectivity index (χ3v) is 6.04. The molecule has 23 heavy (non-hydrogen) atoms. The summed E-state index contributed by atoms with van der Waals surface area (Å²) in [7, 11) is 1.29. The number of benzene rings is 1. The number of ether oxygens (including phenoxy) is 1. The van der Waals surface area contributed by atoms with Crippen LogP contribution in [0.5, 0.6) is 0 Å². The Morgan fingerprint density at radius 2 is 2.04 bits per heavy atom. The van der Waals surface area contributed by atoms with Gasteiger partial charge in [0.2, 0.25) is 0 Å². The van der Waals surface area contributed by atoms with E-state index in [2.05, 4.69) is 21.2 Å². The predicted octanol–water partition coefficient (Wildman–Crippen LogP) is 4.23. The highest BCUT2D eigenvalue weighted by molar-refractivity contribution is 9.11. The van der Waals surface area contributed by atoms with E-state index in [1.54, 1.807) is 18.2 Å². The van der Waals surface area contributed by atoms with E-state index in [1.807, 2.05) is 6.07 Å². The lowest BCUT2D eigenvalue weighted by atomic mass is 9.82. The minimum atomic E-state index is -0.821. The van der Waals surface area contributed by atoms with Gasteiger partial charge in [0.25, 0.3) is 5.91 Å². The third-order valence-electron chi connectivity index (χ3n) is 3.65. The third kappa shape index (κ3) is 3.01. The van der Waals surface area contributed by atoms with Crippen LogP contribution >= 0.6 is 50.5 Å². The van der Waals surface area contributed by atoms with Crippen LogP contribution in [0.4, 0.5) is 0 Å². The molecule has 0 saturated carbocycles. The Hall–Kier alpha value is -1.08. The molecule has 1 aromatic heterocycles.